The molecule has 2 aliphatic heterocycles. The van der Waals surface area contributed by atoms with Crippen molar-refractivity contribution in [3.63, 3.8) is 0 Å². The summed E-state index contributed by atoms with van der Waals surface area (Å²) in [6.45, 7) is 7.07. The first-order valence-electron chi connectivity index (χ1n) is 8.89. The molecule has 2 N–H and O–H groups in total. The average molecular weight is 348 g/mol. The number of aromatic nitrogens is 2. The van der Waals surface area contributed by atoms with Crippen LogP contribution in [0.2, 0.25) is 0 Å². The molecule has 0 aromatic carbocycles. The van der Waals surface area contributed by atoms with Gasteiger partial charge in [-0.1, -0.05) is 0 Å². The van der Waals surface area contributed by atoms with Crippen molar-refractivity contribution in [3.05, 3.63) is 23.3 Å². The van der Waals surface area contributed by atoms with Crippen LogP contribution in [0, 0.1) is 13.8 Å². The maximum absolute atomic E-state index is 12.8. The number of hydrogen-bond acceptors (Lipinski definition) is 6. The van der Waals surface area contributed by atoms with E-state index >= 15 is 0 Å². The zero-order valence-corrected chi connectivity index (χ0v) is 15.5. The standard InChI is InChI=1S/C18H28N4O3/c1-12-14(10-20-13(2)21-12)16(23)22-7-5-18(6-8-22)9-15(19-4)17(3,24)11-25-18/h10,15,19,24H,5-9,11H2,1-4H3/t15-,17-/m0/s1. The van der Waals surface area contributed by atoms with Crippen molar-refractivity contribution in [2.45, 2.75) is 57.3 Å². The second kappa shape index (κ2) is 6.63. The third kappa shape index (κ3) is 3.54. The van der Waals surface area contributed by atoms with E-state index in [0.29, 0.717) is 31.1 Å². The smallest absolute Gasteiger partial charge is 0.257 e. The van der Waals surface area contributed by atoms with Crippen LogP contribution < -0.4 is 5.32 Å². The number of aryl methyl sites for hydroxylation is 2. The minimum Gasteiger partial charge on any atom is -0.386 e. The summed E-state index contributed by atoms with van der Waals surface area (Å²) in [5.74, 6) is 0.660. The van der Waals surface area contributed by atoms with Gasteiger partial charge in [0.25, 0.3) is 5.91 Å². The second-order valence-electron chi connectivity index (χ2n) is 7.58. The highest BCUT2D eigenvalue weighted by molar-refractivity contribution is 5.95. The van der Waals surface area contributed by atoms with Crippen LogP contribution in [0.4, 0.5) is 0 Å². The van der Waals surface area contributed by atoms with Gasteiger partial charge in [0, 0.05) is 25.3 Å². The quantitative estimate of drug-likeness (QED) is 0.823. The van der Waals surface area contributed by atoms with E-state index in [1.165, 1.54) is 0 Å². The molecule has 1 aromatic heterocycles. The maximum atomic E-state index is 12.8. The normalized spacial score (nSPS) is 29.0. The number of piperidine rings is 1. The molecular weight excluding hydrogens is 320 g/mol. The summed E-state index contributed by atoms with van der Waals surface area (Å²) >= 11 is 0. The van der Waals surface area contributed by atoms with Gasteiger partial charge in [-0.15, -0.1) is 0 Å². The van der Waals surface area contributed by atoms with Gasteiger partial charge in [-0.25, -0.2) is 9.97 Å². The van der Waals surface area contributed by atoms with Crippen molar-refractivity contribution < 1.29 is 14.6 Å². The predicted molar refractivity (Wildman–Crippen MR) is 93.4 cm³/mol. The molecule has 0 radical (unpaired) electrons. The fourth-order valence-electron chi connectivity index (χ4n) is 3.89. The van der Waals surface area contributed by atoms with Gasteiger partial charge in [-0.2, -0.15) is 0 Å². The molecule has 3 rings (SSSR count). The fraction of sp³-hybridized carbons (Fsp3) is 0.722. The molecule has 0 aliphatic carbocycles. The number of amides is 1. The molecule has 1 aromatic rings. The number of ether oxygens (including phenoxy) is 1. The Morgan fingerprint density at radius 1 is 1.40 bits per heavy atom. The Balaban J connectivity index is 1.66. The molecule has 2 atom stereocenters. The van der Waals surface area contributed by atoms with E-state index in [4.69, 9.17) is 4.74 Å². The SMILES string of the molecule is CN[C@H]1CC2(CCN(C(=O)c3cnc(C)nc3C)CC2)OC[C@]1(C)O. The summed E-state index contributed by atoms with van der Waals surface area (Å²) in [6, 6.07) is -0.00348. The first-order valence-corrected chi connectivity index (χ1v) is 8.89. The van der Waals surface area contributed by atoms with E-state index in [-0.39, 0.29) is 17.6 Å². The van der Waals surface area contributed by atoms with Gasteiger partial charge in [0.05, 0.1) is 23.5 Å². The molecule has 25 heavy (non-hydrogen) atoms. The van der Waals surface area contributed by atoms with Gasteiger partial charge in [-0.3, -0.25) is 4.79 Å². The van der Waals surface area contributed by atoms with E-state index in [2.05, 4.69) is 15.3 Å². The van der Waals surface area contributed by atoms with Crippen LogP contribution in [0.5, 0.6) is 0 Å². The van der Waals surface area contributed by atoms with Gasteiger partial charge in [0.2, 0.25) is 0 Å². The molecule has 2 fully saturated rings. The molecule has 7 heteroatoms. The van der Waals surface area contributed by atoms with E-state index in [9.17, 15) is 9.90 Å². The number of nitrogens with one attached hydrogen (secondary N) is 1. The maximum Gasteiger partial charge on any atom is 0.257 e. The molecule has 3 heterocycles. The number of nitrogens with zero attached hydrogens (tertiary/aromatic N) is 3. The molecule has 0 saturated carbocycles. The number of hydrogen-bond donors (Lipinski definition) is 2. The fourth-order valence-corrected chi connectivity index (χ4v) is 3.89. The summed E-state index contributed by atoms with van der Waals surface area (Å²) in [6.07, 6.45) is 3.93. The van der Waals surface area contributed by atoms with Crippen molar-refractivity contribution in [2.24, 2.45) is 0 Å². The lowest BCUT2D eigenvalue weighted by Gasteiger charge is -2.50. The van der Waals surface area contributed by atoms with Gasteiger partial charge in [0.1, 0.15) is 11.4 Å². The highest BCUT2D eigenvalue weighted by Gasteiger charge is 2.48. The lowest BCUT2D eigenvalue weighted by Crippen LogP contribution is -2.62. The van der Waals surface area contributed by atoms with Crippen LogP contribution in [0.15, 0.2) is 6.20 Å². The zero-order valence-electron chi connectivity index (χ0n) is 15.5. The number of aliphatic hydroxyl groups is 1. The number of likely N-dealkylation sites (N-methyl/N-ethyl adjacent to an activating group) is 1. The van der Waals surface area contributed by atoms with E-state index < -0.39 is 5.60 Å². The molecule has 0 unspecified atom stereocenters. The van der Waals surface area contributed by atoms with E-state index in [1.807, 2.05) is 25.8 Å². The van der Waals surface area contributed by atoms with Gasteiger partial charge >= 0.3 is 0 Å². The Morgan fingerprint density at radius 2 is 2.08 bits per heavy atom. The van der Waals surface area contributed by atoms with Crippen LogP contribution in [0.25, 0.3) is 0 Å². The number of likely N-dealkylation sites (tertiary alicyclic amines) is 1. The first-order chi connectivity index (χ1) is 11.8. The number of carbonyl (C=O) groups excluding carboxylic acids is 1. The second-order valence-corrected chi connectivity index (χ2v) is 7.58. The molecule has 0 bridgehead atoms. The van der Waals surface area contributed by atoms with Gasteiger partial charge < -0.3 is 20.1 Å². The van der Waals surface area contributed by atoms with Crippen molar-refractivity contribution >= 4 is 5.91 Å². The third-order valence-electron chi connectivity index (χ3n) is 5.64. The van der Waals surface area contributed by atoms with Crippen molar-refractivity contribution in [1.29, 1.82) is 0 Å². The largest absolute Gasteiger partial charge is 0.386 e. The summed E-state index contributed by atoms with van der Waals surface area (Å²) < 4.78 is 6.07. The molecule has 1 spiro atoms. The molecule has 2 aliphatic rings. The molecule has 7 nitrogen and oxygen atoms in total. The topological polar surface area (TPSA) is 87.6 Å². The highest BCUT2D eigenvalue weighted by atomic mass is 16.5. The van der Waals surface area contributed by atoms with Crippen LogP contribution in [0.3, 0.4) is 0 Å². The Morgan fingerprint density at radius 3 is 2.68 bits per heavy atom. The van der Waals surface area contributed by atoms with E-state index in [0.717, 1.165) is 25.0 Å². The minimum absolute atomic E-state index is 0.00348. The number of carbonyl (C=O) groups is 1. The molecule has 1 amide bonds. The Labute approximate surface area is 148 Å². The van der Waals surface area contributed by atoms with Crippen LogP contribution >= 0.6 is 0 Å². The third-order valence-corrected chi connectivity index (χ3v) is 5.64. The average Bonchev–Trinajstić information content (AvgIpc) is 2.57. The Bertz CT molecular complexity index is 654. The first kappa shape index (κ1) is 18.2. The number of rotatable bonds is 2. The lowest BCUT2D eigenvalue weighted by atomic mass is 9.77. The van der Waals surface area contributed by atoms with Gasteiger partial charge in [0.15, 0.2) is 0 Å². The zero-order chi connectivity index (χ0) is 18.2. The van der Waals surface area contributed by atoms with Crippen LogP contribution in [0.1, 0.15) is 48.1 Å². The lowest BCUT2D eigenvalue weighted by molar-refractivity contribution is -0.189. The predicted octanol–water partition coefficient (Wildman–Crippen LogP) is 0.828. The Kier molecular flexibility index (Phi) is 4.83. The van der Waals surface area contributed by atoms with Crippen LogP contribution in [-0.2, 0) is 4.74 Å². The van der Waals surface area contributed by atoms with Crippen LogP contribution in [-0.4, -0.2) is 69.9 Å². The Hall–Kier alpha value is -1.57. The van der Waals surface area contributed by atoms with Crippen molar-refractivity contribution in [2.75, 3.05) is 26.7 Å². The summed E-state index contributed by atoms with van der Waals surface area (Å²) in [7, 11) is 1.87. The van der Waals surface area contributed by atoms with Crippen molar-refractivity contribution in [3.8, 4) is 0 Å². The summed E-state index contributed by atoms with van der Waals surface area (Å²) in [5, 5.41) is 13.6. The molecule has 2 saturated heterocycles. The highest BCUT2D eigenvalue weighted by Crippen LogP contribution is 2.38. The van der Waals surface area contributed by atoms with E-state index in [1.54, 1.807) is 13.1 Å². The minimum atomic E-state index is -0.858. The summed E-state index contributed by atoms with van der Waals surface area (Å²) in [5.41, 5.74) is 0.176. The summed E-state index contributed by atoms with van der Waals surface area (Å²) in [4.78, 5) is 23.1. The molecule has 138 valence electrons. The monoisotopic (exact) mass is 348 g/mol. The molecular formula is C18H28N4O3. The van der Waals surface area contributed by atoms with Gasteiger partial charge in [-0.05, 0) is 47.1 Å². The van der Waals surface area contributed by atoms with Crippen molar-refractivity contribution in [1.82, 2.24) is 20.2 Å².